The third-order valence-electron chi connectivity index (χ3n) is 3.00. The van der Waals surface area contributed by atoms with E-state index < -0.39 is 42.1 Å². The fourth-order valence-electron chi connectivity index (χ4n) is 2.26. The first kappa shape index (κ1) is 15.9. The predicted molar refractivity (Wildman–Crippen MR) is 63.1 cm³/mol. The van der Waals surface area contributed by atoms with Crippen molar-refractivity contribution in [1.29, 1.82) is 0 Å². The second kappa shape index (κ2) is 5.85. The first-order valence-electron chi connectivity index (χ1n) is 5.95. The molecular formula is C12H20O7. The number of aliphatic hydroxyl groups is 1. The van der Waals surface area contributed by atoms with Gasteiger partial charge in [-0.15, -0.1) is 0 Å². The first-order chi connectivity index (χ1) is 8.70. The van der Waals surface area contributed by atoms with E-state index in [0.717, 1.165) is 0 Å². The largest absolute Gasteiger partial charge is 0.457 e. The Morgan fingerprint density at radius 1 is 1.16 bits per heavy atom. The van der Waals surface area contributed by atoms with Crippen molar-refractivity contribution in [3.63, 3.8) is 0 Å². The SMILES string of the molecule is CO[C@H]1[C@H](OC(C)=O)O[C@H](C)[C@@H](OC(C)=O)[C@]1(C)O. The molecule has 7 heteroatoms. The van der Waals surface area contributed by atoms with E-state index in [1.807, 2.05) is 0 Å². The Hall–Kier alpha value is -1.18. The van der Waals surface area contributed by atoms with Crippen molar-refractivity contribution in [3.8, 4) is 0 Å². The van der Waals surface area contributed by atoms with Gasteiger partial charge in [0.1, 0.15) is 5.60 Å². The molecule has 0 aliphatic carbocycles. The summed E-state index contributed by atoms with van der Waals surface area (Å²) in [6, 6.07) is 0. The second-order valence-corrected chi connectivity index (χ2v) is 4.73. The fourth-order valence-corrected chi connectivity index (χ4v) is 2.26. The van der Waals surface area contributed by atoms with E-state index in [1.54, 1.807) is 6.92 Å². The molecule has 0 aromatic rings. The van der Waals surface area contributed by atoms with Gasteiger partial charge in [0.05, 0.1) is 6.10 Å². The molecule has 1 aliphatic heterocycles. The average Bonchev–Trinajstić information content (AvgIpc) is 2.23. The van der Waals surface area contributed by atoms with Crippen LogP contribution >= 0.6 is 0 Å². The Morgan fingerprint density at radius 3 is 2.11 bits per heavy atom. The van der Waals surface area contributed by atoms with Crippen LogP contribution in [-0.4, -0.2) is 54.4 Å². The summed E-state index contributed by atoms with van der Waals surface area (Å²) in [7, 11) is 1.35. The monoisotopic (exact) mass is 276 g/mol. The van der Waals surface area contributed by atoms with Crippen LogP contribution in [0.25, 0.3) is 0 Å². The summed E-state index contributed by atoms with van der Waals surface area (Å²) in [6.45, 7) is 5.53. The van der Waals surface area contributed by atoms with Crippen molar-refractivity contribution in [1.82, 2.24) is 0 Å². The second-order valence-electron chi connectivity index (χ2n) is 4.73. The lowest BCUT2D eigenvalue weighted by Crippen LogP contribution is -2.66. The van der Waals surface area contributed by atoms with Gasteiger partial charge in [0.15, 0.2) is 12.2 Å². The van der Waals surface area contributed by atoms with Crippen LogP contribution < -0.4 is 0 Å². The maximum Gasteiger partial charge on any atom is 0.305 e. The van der Waals surface area contributed by atoms with Crippen LogP contribution in [0.5, 0.6) is 0 Å². The van der Waals surface area contributed by atoms with E-state index in [0.29, 0.717) is 0 Å². The van der Waals surface area contributed by atoms with Crippen molar-refractivity contribution < 1.29 is 33.6 Å². The van der Waals surface area contributed by atoms with Gasteiger partial charge < -0.3 is 24.1 Å². The van der Waals surface area contributed by atoms with E-state index in [9.17, 15) is 14.7 Å². The van der Waals surface area contributed by atoms with Gasteiger partial charge in [-0.25, -0.2) is 0 Å². The Balaban J connectivity index is 2.98. The van der Waals surface area contributed by atoms with Crippen LogP contribution in [0.4, 0.5) is 0 Å². The van der Waals surface area contributed by atoms with Crippen molar-refractivity contribution >= 4 is 11.9 Å². The molecule has 1 rings (SSSR count). The van der Waals surface area contributed by atoms with Gasteiger partial charge >= 0.3 is 11.9 Å². The third kappa shape index (κ3) is 3.43. The highest BCUT2D eigenvalue weighted by Gasteiger charge is 2.55. The summed E-state index contributed by atoms with van der Waals surface area (Å²) in [6.07, 6.45) is -3.58. The standard InChI is InChI=1S/C12H20O7/c1-6-9(18-7(2)13)12(4,15)10(16-5)11(17-6)19-8(3)14/h6,9-11,15H,1-5H3/t6-,9-,10+,11+,12+/m1/s1. The molecule has 0 aromatic heterocycles. The smallest absolute Gasteiger partial charge is 0.305 e. The molecule has 1 aliphatic rings. The Kier molecular flexibility index (Phi) is 4.89. The van der Waals surface area contributed by atoms with E-state index >= 15 is 0 Å². The van der Waals surface area contributed by atoms with Crippen LogP contribution in [0.1, 0.15) is 27.7 Å². The number of hydrogen-bond acceptors (Lipinski definition) is 7. The summed E-state index contributed by atoms with van der Waals surface area (Å²) in [5.74, 6) is -1.09. The molecule has 0 radical (unpaired) electrons. The average molecular weight is 276 g/mol. The van der Waals surface area contributed by atoms with E-state index in [2.05, 4.69) is 0 Å². The van der Waals surface area contributed by atoms with Crippen LogP contribution in [0.2, 0.25) is 0 Å². The molecular weight excluding hydrogens is 256 g/mol. The van der Waals surface area contributed by atoms with Crippen LogP contribution in [0.3, 0.4) is 0 Å². The van der Waals surface area contributed by atoms with E-state index in [4.69, 9.17) is 18.9 Å². The molecule has 1 fully saturated rings. The molecule has 0 bridgehead atoms. The highest BCUT2D eigenvalue weighted by Crippen LogP contribution is 2.34. The van der Waals surface area contributed by atoms with Crippen molar-refractivity contribution in [2.45, 2.75) is 57.9 Å². The van der Waals surface area contributed by atoms with Gasteiger partial charge in [-0.1, -0.05) is 0 Å². The quantitative estimate of drug-likeness (QED) is 0.725. The zero-order chi connectivity index (χ0) is 14.8. The molecule has 5 atom stereocenters. The molecule has 0 aromatic carbocycles. The van der Waals surface area contributed by atoms with Gasteiger partial charge in [-0.2, -0.15) is 0 Å². The molecule has 1 heterocycles. The number of methoxy groups -OCH3 is 1. The van der Waals surface area contributed by atoms with Gasteiger partial charge in [0, 0.05) is 21.0 Å². The van der Waals surface area contributed by atoms with Crippen LogP contribution in [0, 0.1) is 0 Å². The predicted octanol–water partition coefficient (Wildman–Crippen LogP) is -0.00800. The molecule has 110 valence electrons. The summed E-state index contributed by atoms with van der Waals surface area (Å²) in [5.41, 5.74) is -1.54. The summed E-state index contributed by atoms with van der Waals surface area (Å²) in [5, 5.41) is 10.5. The number of ether oxygens (including phenoxy) is 4. The van der Waals surface area contributed by atoms with Gasteiger partial charge in [-0.05, 0) is 13.8 Å². The van der Waals surface area contributed by atoms with Gasteiger partial charge in [0.2, 0.25) is 6.29 Å². The molecule has 1 saturated heterocycles. The maximum atomic E-state index is 11.1. The summed E-state index contributed by atoms with van der Waals surface area (Å²) in [4.78, 5) is 22.1. The molecule has 19 heavy (non-hydrogen) atoms. The lowest BCUT2D eigenvalue weighted by atomic mass is 9.86. The number of hydrogen-bond donors (Lipinski definition) is 1. The highest BCUT2D eigenvalue weighted by molar-refractivity contribution is 5.66. The Labute approximate surface area is 111 Å². The number of carbonyl (C=O) groups excluding carboxylic acids is 2. The molecule has 0 unspecified atom stereocenters. The van der Waals surface area contributed by atoms with Crippen molar-refractivity contribution in [2.24, 2.45) is 0 Å². The Morgan fingerprint density at radius 2 is 1.68 bits per heavy atom. The lowest BCUT2D eigenvalue weighted by molar-refractivity contribution is -0.319. The van der Waals surface area contributed by atoms with Crippen LogP contribution in [-0.2, 0) is 28.5 Å². The number of esters is 2. The zero-order valence-corrected chi connectivity index (χ0v) is 11.7. The molecule has 0 amide bonds. The normalized spacial score (nSPS) is 38.6. The minimum atomic E-state index is -1.54. The Bertz CT molecular complexity index is 352. The zero-order valence-electron chi connectivity index (χ0n) is 11.7. The number of rotatable bonds is 3. The molecule has 7 nitrogen and oxygen atoms in total. The highest BCUT2D eigenvalue weighted by atomic mass is 16.7. The first-order valence-corrected chi connectivity index (χ1v) is 5.95. The fraction of sp³-hybridized carbons (Fsp3) is 0.833. The number of carbonyl (C=O) groups is 2. The minimum Gasteiger partial charge on any atom is -0.457 e. The maximum absolute atomic E-state index is 11.1. The summed E-state index contributed by atoms with van der Waals surface area (Å²) >= 11 is 0. The molecule has 0 spiro atoms. The topological polar surface area (TPSA) is 91.3 Å². The van der Waals surface area contributed by atoms with Gasteiger partial charge in [-0.3, -0.25) is 9.59 Å². The van der Waals surface area contributed by atoms with E-state index in [1.165, 1.54) is 27.9 Å². The van der Waals surface area contributed by atoms with Crippen molar-refractivity contribution in [3.05, 3.63) is 0 Å². The third-order valence-corrected chi connectivity index (χ3v) is 3.00. The minimum absolute atomic E-state index is 0.540. The van der Waals surface area contributed by atoms with E-state index in [-0.39, 0.29) is 0 Å². The van der Waals surface area contributed by atoms with Crippen LogP contribution in [0.15, 0.2) is 0 Å². The van der Waals surface area contributed by atoms with Gasteiger partial charge in [0.25, 0.3) is 0 Å². The van der Waals surface area contributed by atoms with Crippen molar-refractivity contribution in [2.75, 3.05) is 7.11 Å². The lowest BCUT2D eigenvalue weighted by Gasteiger charge is -2.47. The molecule has 0 saturated carbocycles. The molecule has 1 N–H and O–H groups in total. The summed E-state index contributed by atoms with van der Waals surface area (Å²) < 4.78 is 20.6.